The van der Waals surface area contributed by atoms with Gasteiger partial charge in [-0.05, 0) is 5.57 Å². The first-order valence-electron chi connectivity index (χ1n) is 5.60. The maximum absolute atomic E-state index is 8.62. The lowest BCUT2D eigenvalue weighted by atomic mass is 10.2. The molecular weight excluding hydrogens is 214 g/mol. The van der Waals surface area contributed by atoms with Crippen molar-refractivity contribution in [3.63, 3.8) is 0 Å². The van der Waals surface area contributed by atoms with Crippen LogP contribution in [0.2, 0.25) is 0 Å². The van der Waals surface area contributed by atoms with Gasteiger partial charge >= 0.3 is 0 Å². The lowest BCUT2D eigenvalue weighted by Gasteiger charge is -2.20. The van der Waals surface area contributed by atoms with Gasteiger partial charge in [0.25, 0.3) is 0 Å². The summed E-state index contributed by atoms with van der Waals surface area (Å²) < 4.78 is 5.06. The summed E-state index contributed by atoms with van der Waals surface area (Å²) in [5.74, 6) is 0. The number of nitrogens with zero attached hydrogens (tertiary/aromatic N) is 3. The summed E-state index contributed by atoms with van der Waals surface area (Å²) in [6.07, 6.45) is 6.01. The van der Waals surface area contributed by atoms with E-state index in [9.17, 15) is 0 Å². The lowest BCUT2D eigenvalue weighted by molar-refractivity contribution is 0.155. The first-order chi connectivity index (χ1) is 8.28. The Hall–Kier alpha value is -1.44. The SMILES string of the molecule is C=C/C=C(\C=NC)CN(CCC#N)CCOC. The molecule has 0 radical (unpaired) electrons. The maximum atomic E-state index is 8.62. The van der Waals surface area contributed by atoms with Crippen LogP contribution in [0.1, 0.15) is 6.42 Å². The zero-order valence-corrected chi connectivity index (χ0v) is 10.7. The number of hydrogen-bond acceptors (Lipinski definition) is 4. The lowest BCUT2D eigenvalue weighted by Crippen LogP contribution is -2.30. The number of hydrogen-bond donors (Lipinski definition) is 0. The van der Waals surface area contributed by atoms with Gasteiger partial charge < -0.3 is 4.74 Å². The van der Waals surface area contributed by atoms with E-state index in [-0.39, 0.29) is 0 Å². The highest BCUT2D eigenvalue weighted by Gasteiger charge is 2.05. The molecule has 0 aliphatic rings. The van der Waals surface area contributed by atoms with Crippen LogP contribution in [0.15, 0.2) is 29.3 Å². The Morgan fingerprint density at radius 2 is 2.29 bits per heavy atom. The van der Waals surface area contributed by atoms with Crippen LogP contribution in [0.5, 0.6) is 0 Å². The Labute approximate surface area is 104 Å². The van der Waals surface area contributed by atoms with E-state index in [1.807, 2.05) is 12.3 Å². The molecule has 4 heteroatoms. The highest BCUT2D eigenvalue weighted by molar-refractivity contribution is 5.79. The fraction of sp³-hybridized carbons (Fsp3) is 0.538. The molecule has 94 valence electrons. The molecule has 0 N–H and O–H groups in total. The fourth-order valence-electron chi connectivity index (χ4n) is 1.41. The summed E-state index contributed by atoms with van der Waals surface area (Å²) in [4.78, 5) is 6.17. The van der Waals surface area contributed by atoms with Crippen LogP contribution in [-0.4, -0.2) is 51.5 Å². The quantitative estimate of drug-likeness (QED) is 0.451. The van der Waals surface area contributed by atoms with E-state index in [1.165, 1.54) is 0 Å². The molecule has 0 bridgehead atoms. The number of nitriles is 1. The van der Waals surface area contributed by atoms with Crippen molar-refractivity contribution in [3.8, 4) is 6.07 Å². The average molecular weight is 235 g/mol. The van der Waals surface area contributed by atoms with Gasteiger partial charge in [0.1, 0.15) is 0 Å². The minimum atomic E-state index is 0.522. The number of aliphatic imine (C=N–C) groups is 1. The number of rotatable bonds is 9. The summed E-state index contributed by atoms with van der Waals surface area (Å²) in [5, 5.41) is 8.62. The number of methoxy groups -OCH3 is 1. The number of allylic oxidation sites excluding steroid dienone is 2. The van der Waals surface area contributed by atoms with Crippen LogP contribution in [-0.2, 0) is 4.74 Å². The maximum Gasteiger partial charge on any atom is 0.0635 e. The van der Waals surface area contributed by atoms with Gasteiger partial charge in [-0.1, -0.05) is 18.7 Å². The zero-order valence-electron chi connectivity index (χ0n) is 10.7. The normalized spacial score (nSPS) is 12.0. The molecule has 0 heterocycles. The van der Waals surface area contributed by atoms with Gasteiger partial charge in [0.2, 0.25) is 0 Å². The van der Waals surface area contributed by atoms with E-state index in [0.29, 0.717) is 13.0 Å². The number of ether oxygens (including phenoxy) is 1. The van der Waals surface area contributed by atoms with Crippen molar-refractivity contribution in [3.05, 3.63) is 24.3 Å². The molecule has 0 aliphatic heterocycles. The van der Waals surface area contributed by atoms with E-state index in [2.05, 4.69) is 22.5 Å². The second-order valence-electron chi connectivity index (χ2n) is 3.54. The Morgan fingerprint density at radius 3 is 2.82 bits per heavy atom. The van der Waals surface area contributed by atoms with Crippen LogP contribution in [0, 0.1) is 11.3 Å². The van der Waals surface area contributed by atoms with E-state index in [1.54, 1.807) is 20.2 Å². The standard InChI is InChI=1S/C13H21N3O/c1-4-6-13(11-15-2)12-16(8-5-7-14)9-10-17-3/h4,6,11H,1,5,8-10,12H2,2-3H3/b13-6+,15-11?. The Balaban J connectivity index is 4.41. The van der Waals surface area contributed by atoms with E-state index < -0.39 is 0 Å². The van der Waals surface area contributed by atoms with Gasteiger partial charge in [-0.25, -0.2) is 0 Å². The molecule has 0 amide bonds. The largest absolute Gasteiger partial charge is 0.383 e. The summed E-state index contributed by atoms with van der Waals surface area (Å²) in [5.41, 5.74) is 1.08. The van der Waals surface area contributed by atoms with Gasteiger partial charge in [-0.15, -0.1) is 0 Å². The van der Waals surface area contributed by atoms with E-state index in [0.717, 1.165) is 25.2 Å². The molecule has 0 atom stereocenters. The molecule has 0 saturated carbocycles. The summed E-state index contributed by atoms with van der Waals surface area (Å²) in [6.45, 7) is 6.65. The van der Waals surface area contributed by atoms with Gasteiger partial charge in [0, 0.05) is 46.4 Å². The summed E-state index contributed by atoms with van der Waals surface area (Å²) in [7, 11) is 3.42. The first-order valence-corrected chi connectivity index (χ1v) is 5.60. The van der Waals surface area contributed by atoms with Crippen LogP contribution < -0.4 is 0 Å². The van der Waals surface area contributed by atoms with Crippen LogP contribution in [0.25, 0.3) is 0 Å². The smallest absolute Gasteiger partial charge is 0.0635 e. The second-order valence-corrected chi connectivity index (χ2v) is 3.54. The minimum Gasteiger partial charge on any atom is -0.383 e. The van der Waals surface area contributed by atoms with Gasteiger partial charge in [-0.3, -0.25) is 9.89 Å². The van der Waals surface area contributed by atoms with Gasteiger partial charge in [0.15, 0.2) is 0 Å². The van der Waals surface area contributed by atoms with Crippen molar-refractivity contribution < 1.29 is 4.74 Å². The molecule has 0 aromatic rings. The topological polar surface area (TPSA) is 48.6 Å². The van der Waals surface area contributed by atoms with Crippen molar-refractivity contribution in [2.45, 2.75) is 6.42 Å². The molecule has 0 unspecified atom stereocenters. The van der Waals surface area contributed by atoms with Crippen LogP contribution in [0.3, 0.4) is 0 Å². The third-order valence-electron chi connectivity index (χ3n) is 2.18. The minimum absolute atomic E-state index is 0.522. The van der Waals surface area contributed by atoms with E-state index in [4.69, 9.17) is 10.00 Å². The first kappa shape index (κ1) is 15.6. The highest BCUT2D eigenvalue weighted by Crippen LogP contribution is 1.99. The van der Waals surface area contributed by atoms with Crippen molar-refractivity contribution in [1.29, 1.82) is 5.26 Å². The van der Waals surface area contributed by atoms with Gasteiger partial charge in [-0.2, -0.15) is 5.26 Å². The zero-order chi connectivity index (χ0) is 12.9. The van der Waals surface area contributed by atoms with Crippen molar-refractivity contribution in [1.82, 2.24) is 4.90 Å². The van der Waals surface area contributed by atoms with Crippen molar-refractivity contribution in [2.75, 3.05) is 40.4 Å². The van der Waals surface area contributed by atoms with Crippen molar-refractivity contribution in [2.24, 2.45) is 4.99 Å². The highest BCUT2D eigenvalue weighted by atomic mass is 16.5. The second kappa shape index (κ2) is 11.1. The summed E-state index contributed by atoms with van der Waals surface area (Å²) >= 11 is 0. The Bertz CT molecular complexity index is 302. The molecule has 0 aromatic carbocycles. The van der Waals surface area contributed by atoms with Crippen LogP contribution >= 0.6 is 0 Å². The molecular formula is C13H21N3O. The van der Waals surface area contributed by atoms with Crippen LogP contribution in [0.4, 0.5) is 0 Å². The molecule has 4 nitrogen and oxygen atoms in total. The molecule has 0 fully saturated rings. The van der Waals surface area contributed by atoms with E-state index >= 15 is 0 Å². The van der Waals surface area contributed by atoms with Gasteiger partial charge in [0.05, 0.1) is 12.7 Å². The molecule has 17 heavy (non-hydrogen) atoms. The predicted octanol–water partition coefficient (Wildman–Crippen LogP) is 1.66. The molecule has 0 aromatic heterocycles. The third kappa shape index (κ3) is 8.38. The third-order valence-corrected chi connectivity index (χ3v) is 2.18. The Morgan fingerprint density at radius 1 is 1.53 bits per heavy atom. The molecule has 0 aliphatic carbocycles. The van der Waals surface area contributed by atoms with Crippen molar-refractivity contribution >= 4 is 6.21 Å². The fourth-order valence-corrected chi connectivity index (χ4v) is 1.41. The monoisotopic (exact) mass is 235 g/mol. The average Bonchev–Trinajstić information content (AvgIpc) is 2.33. The summed E-state index contributed by atoms with van der Waals surface area (Å²) in [6, 6.07) is 2.16. The molecule has 0 saturated heterocycles. The molecule has 0 spiro atoms. The Kier molecular flexibility index (Phi) is 10.1. The molecule has 0 rings (SSSR count). The predicted molar refractivity (Wildman–Crippen MR) is 71.2 cm³/mol.